The molecule has 2 aromatic heterocycles. The fourth-order valence-electron chi connectivity index (χ4n) is 3.22. The van der Waals surface area contributed by atoms with E-state index in [0.29, 0.717) is 5.56 Å². The Morgan fingerprint density at radius 1 is 1.09 bits per heavy atom. The molecule has 0 saturated carbocycles. The predicted molar refractivity (Wildman–Crippen MR) is 89.8 cm³/mol. The van der Waals surface area contributed by atoms with Crippen molar-refractivity contribution in [2.45, 2.75) is 6.92 Å². The van der Waals surface area contributed by atoms with Crippen molar-refractivity contribution in [3.05, 3.63) is 65.9 Å². The maximum atomic E-state index is 9.56. The van der Waals surface area contributed by atoms with Gasteiger partial charge in [0.2, 0.25) is 5.69 Å². The smallest absolute Gasteiger partial charge is 0.216 e. The van der Waals surface area contributed by atoms with Crippen LogP contribution < -0.4 is 4.57 Å². The van der Waals surface area contributed by atoms with Crippen LogP contribution in [0, 0.1) is 18.3 Å². The highest BCUT2D eigenvalue weighted by atomic mass is 16.3. The van der Waals surface area contributed by atoms with E-state index in [2.05, 4.69) is 16.7 Å². The number of hydrogen-bond acceptors (Lipinski definition) is 2. The third kappa shape index (κ3) is 1.92. The van der Waals surface area contributed by atoms with Crippen molar-refractivity contribution in [1.29, 1.82) is 5.26 Å². The first-order chi connectivity index (χ1) is 11.2. The molecule has 0 aliphatic heterocycles. The second kappa shape index (κ2) is 4.96. The fraction of sp³-hybridized carbons (Fsp3) is 0.100. The van der Waals surface area contributed by atoms with Gasteiger partial charge in [0.15, 0.2) is 11.8 Å². The fourth-order valence-corrected chi connectivity index (χ4v) is 3.22. The minimum Gasteiger partial charge on any atom is -0.455 e. The van der Waals surface area contributed by atoms with Crippen LogP contribution in [0.5, 0.6) is 0 Å². The molecular formula is C20H15N2O+. The Morgan fingerprint density at radius 2 is 1.87 bits per heavy atom. The Morgan fingerprint density at radius 3 is 2.65 bits per heavy atom. The Bertz CT molecular complexity index is 1100. The van der Waals surface area contributed by atoms with E-state index in [4.69, 9.17) is 4.42 Å². The quantitative estimate of drug-likeness (QED) is 0.493. The van der Waals surface area contributed by atoms with Gasteiger partial charge in [0.05, 0.1) is 17.2 Å². The van der Waals surface area contributed by atoms with Gasteiger partial charge in [0, 0.05) is 22.9 Å². The van der Waals surface area contributed by atoms with E-state index in [1.54, 1.807) is 0 Å². The van der Waals surface area contributed by atoms with Gasteiger partial charge in [-0.15, -0.1) is 0 Å². The minimum atomic E-state index is 0.657. The molecule has 0 bridgehead atoms. The molecular weight excluding hydrogens is 284 g/mol. The maximum absolute atomic E-state index is 9.56. The first kappa shape index (κ1) is 13.5. The number of nitriles is 1. The molecule has 4 aromatic rings. The first-order valence-corrected chi connectivity index (χ1v) is 7.50. The van der Waals surface area contributed by atoms with E-state index in [1.165, 1.54) is 0 Å². The average Bonchev–Trinajstić information content (AvgIpc) is 2.94. The molecule has 0 spiro atoms. The Balaban J connectivity index is 2.24. The Labute approximate surface area is 134 Å². The van der Waals surface area contributed by atoms with Gasteiger partial charge in [-0.25, -0.2) is 4.57 Å². The minimum absolute atomic E-state index is 0.657. The summed E-state index contributed by atoms with van der Waals surface area (Å²) in [6.07, 6.45) is 2.02. The summed E-state index contributed by atoms with van der Waals surface area (Å²) in [5.74, 6) is 0. The van der Waals surface area contributed by atoms with Crippen LogP contribution in [0.25, 0.3) is 33.2 Å². The lowest BCUT2D eigenvalue weighted by Crippen LogP contribution is -2.30. The highest BCUT2D eigenvalue weighted by Gasteiger charge is 2.22. The molecule has 0 aliphatic rings. The van der Waals surface area contributed by atoms with Gasteiger partial charge in [-0.2, -0.15) is 5.26 Å². The number of para-hydroxylation sites is 1. The van der Waals surface area contributed by atoms with E-state index in [-0.39, 0.29) is 0 Å². The number of benzene rings is 2. The second-order valence-corrected chi connectivity index (χ2v) is 5.73. The van der Waals surface area contributed by atoms with Crippen molar-refractivity contribution in [2.75, 3.05) is 0 Å². The van der Waals surface area contributed by atoms with E-state index >= 15 is 0 Å². The molecule has 4 rings (SSSR count). The van der Waals surface area contributed by atoms with Gasteiger partial charge >= 0.3 is 0 Å². The van der Waals surface area contributed by atoms with E-state index < -0.39 is 0 Å². The van der Waals surface area contributed by atoms with E-state index in [0.717, 1.165) is 38.8 Å². The first-order valence-electron chi connectivity index (χ1n) is 7.50. The highest BCUT2D eigenvalue weighted by Crippen LogP contribution is 2.38. The van der Waals surface area contributed by atoms with Crippen LogP contribution in [-0.4, -0.2) is 0 Å². The van der Waals surface area contributed by atoms with Crippen LogP contribution in [-0.2, 0) is 7.05 Å². The van der Waals surface area contributed by atoms with Gasteiger partial charge in [0.25, 0.3) is 0 Å². The van der Waals surface area contributed by atoms with Crippen molar-refractivity contribution in [2.24, 2.45) is 7.05 Å². The van der Waals surface area contributed by atoms with Gasteiger partial charge in [0.1, 0.15) is 12.6 Å². The zero-order valence-corrected chi connectivity index (χ0v) is 13.0. The van der Waals surface area contributed by atoms with Crippen molar-refractivity contribution < 1.29 is 8.98 Å². The number of furan rings is 1. The lowest BCUT2D eigenvalue weighted by atomic mass is 9.97. The van der Waals surface area contributed by atoms with E-state index in [1.807, 2.05) is 62.6 Å². The molecule has 0 saturated heterocycles. The summed E-state index contributed by atoms with van der Waals surface area (Å²) in [5.41, 5.74) is 5.39. The van der Waals surface area contributed by atoms with Crippen molar-refractivity contribution in [1.82, 2.24) is 0 Å². The van der Waals surface area contributed by atoms with Gasteiger partial charge in [-0.3, -0.25) is 0 Å². The van der Waals surface area contributed by atoms with Gasteiger partial charge in [-0.05, 0) is 30.7 Å². The molecule has 0 fully saturated rings. The second-order valence-electron chi connectivity index (χ2n) is 5.73. The summed E-state index contributed by atoms with van der Waals surface area (Å²) >= 11 is 0. The monoisotopic (exact) mass is 299 g/mol. The summed E-state index contributed by atoms with van der Waals surface area (Å²) in [4.78, 5) is 0. The summed E-state index contributed by atoms with van der Waals surface area (Å²) < 4.78 is 8.22. The van der Waals surface area contributed by atoms with E-state index in [9.17, 15) is 5.26 Å². The largest absolute Gasteiger partial charge is 0.455 e. The predicted octanol–water partition coefficient (Wildman–Crippen LogP) is 4.26. The van der Waals surface area contributed by atoms with Crippen LogP contribution in [0.2, 0.25) is 0 Å². The standard InChI is InChI=1S/C20H15N2O/c1-13-11-14(12-21)19-15-7-3-4-9-17(15)23-20(19)18(13)16-8-5-6-10-22(16)2/h3-11H,1-2H3/q+1. The molecule has 0 atom stereocenters. The Hall–Kier alpha value is -3.12. The number of fused-ring (bicyclic) bond motifs is 3. The summed E-state index contributed by atoms with van der Waals surface area (Å²) in [7, 11) is 2.02. The number of aryl methyl sites for hydroxylation is 2. The highest BCUT2D eigenvalue weighted by molar-refractivity contribution is 6.12. The molecule has 3 heteroatoms. The zero-order valence-electron chi connectivity index (χ0n) is 13.0. The number of pyridine rings is 1. The molecule has 23 heavy (non-hydrogen) atoms. The molecule has 110 valence electrons. The molecule has 0 N–H and O–H groups in total. The number of hydrogen-bond donors (Lipinski definition) is 0. The van der Waals surface area contributed by atoms with Crippen LogP contribution >= 0.6 is 0 Å². The SMILES string of the molecule is Cc1cc(C#N)c2c(oc3ccccc32)c1-c1cccc[n+]1C. The number of aromatic nitrogens is 1. The van der Waals surface area contributed by atoms with Crippen LogP contribution in [0.15, 0.2) is 59.1 Å². The van der Waals surface area contributed by atoms with Crippen LogP contribution in [0.3, 0.4) is 0 Å². The molecule has 0 aliphatic carbocycles. The third-order valence-electron chi connectivity index (χ3n) is 4.28. The topological polar surface area (TPSA) is 40.8 Å². The summed E-state index contributed by atoms with van der Waals surface area (Å²) in [6, 6.07) is 18.2. The van der Waals surface area contributed by atoms with Crippen molar-refractivity contribution in [3.63, 3.8) is 0 Å². The molecule has 0 unspecified atom stereocenters. The molecule has 0 amide bonds. The molecule has 0 radical (unpaired) electrons. The lowest BCUT2D eigenvalue weighted by Gasteiger charge is -2.06. The Kier molecular flexibility index (Phi) is 2.92. The summed E-state index contributed by atoms with van der Waals surface area (Å²) in [6.45, 7) is 2.02. The molecule has 3 nitrogen and oxygen atoms in total. The number of nitrogens with zero attached hydrogens (tertiary/aromatic N) is 2. The lowest BCUT2D eigenvalue weighted by molar-refractivity contribution is -0.660. The summed E-state index contributed by atoms with van der Waals surface area (Å²) in [5, 5.41) is 11.4. The van der Waals surface area contributed by atoms with Crippen LogP contribution in [0.4, 0.5) is 0 Å². The normalized spacial score (nSPS) is 11.0. The van der Waals surface area contributed by atoms with Crippen LogP contribution in [0.1, 0.15) is 11.1 Å². The van der Waals surface area contributed by atoms with Crippen molar-refractivity contribution in [3.8, 4) is 17.3 Å². The van der Waals surface area contributed by atoms with Gasteiger partial charge < -0.3 is 4.42 Å². The maximum Gasteiger partial charge on any atom is 0.216 e. The average molecular weight is 299 g/mol. The van der Waals surface area contributed by atoms with Gasteiger partial charge in [-0.1, -0.05) is 18.2 Å². The molecule has 2 heterocycles. The zero-order chi connectivity index (χ0) is 16.0. The third-order valence-corrected chi connectivity index (χ3v) is 4.28. The number of rotatable bonds is 1. The molecule has 2 aromatic carbocycles. The van der Waals surface area contributed by atoms with Crippen molar-refractivity contribution >= 4 is 21.9 Å².